The Morgan fingerprint density at radius 2 is 1.90 bits per heavy atom. The minimum absolute atomic E-state index is 0.0148. The number of carbonyl (C=O) groups excluding carboxylic acids is 1. The minimum Gasteiger partial charge on any atom is -0.379 e. The summed E-state index contributed by atoms with van der Waals surface area (Å²) in [6.45, 7) is 11.3. The van der Waals surface area contributed by atoms with E-state index in [4.69, 9.17) is 4.74 Å². The number of hydrogen-bond acceptors (Lipinski definition) is 4. The molecule has 0 spiro atoms. The Hall–Kier alpha value is -2.19. The van der Waals surface area contributed by atoms with E-state index in [1.807, 2.05) is 6.92 Å². The maximum absolute atomic E-state index is 13.0. The molecular weight excluding hydrogens is 373 g/mol. The van der Waals surface area contributed by atoms with Crippen molar-refractivity contribution < 1.29 is 13.9 Å². The minimum atomic E-state index is -0.337. The predicted octanol–water partition coefficient (Wildman–Crippen LogP) is 2.07. The van der Waals surface area contributed by atoms with Gasteiger partial charge in [-0.05, 0) is 43.5 Å². The zero-order chi connectivity index (χ0) is 21.1. The number of hydrogen-bond donors (Lipinski definition) is 3. The molecule has 0 saturated carbocycles. The molecular formula is C21H34FN5O2. The molecule has 8 heteroatoms. The Balaban J connectivity index is 1.90. The van der Waals surface area contributed by atoms with Crippen LogP contribution in [0.2, 0.25) is 0 Å². The number of nitrogens with zero attached hydrogens (tertiary/aromatic N) is 2. The molecule has 1 unspecified atom stereocenters. The van der Waals surface area contributed by atoms with Gasteiger partial charge in [0.25, 0.3) is 0 Å². The van der Waals surface area contributed by atoms with Crippen molar-refractivity contribution in [2.75, 3.05) is 51.3 Å². The van der Waals surface area contributed by atoms with Crippen molar-refractivity contribution in [2.45, 2.75) is 33.2 Å². The molecule has 1 aliphatic rings. The van der Waals surface area contributed by atoms with E-state index in [9.17, 15) is 9.18 Å². The van der Waals surface area contributed by atoms with Crippen LogP contribution >= 0.6 is 0 Å². The molecule has 1 aliphatic heterocycles. The van der Waals surface area contributed by atoms with Gasteiger partial charge in [-0.25, -0.2) is 9.38 Å². The first kappa shape index (κ1) is 23.1. The lowest BCUT2D eigenvalue weighted by atomic mass is 10.0. The molecule has 1 aromatic carbocycles. The second-order valence-corrected chi connectivity index (χ2v) is 7.56. The normalized spacial score (nSPS) is 16.5. The molecule has 3 N–H and O–H groups in total. The Morgan fingerprint density at radius 1 is 1.21 bits per heavy atom. The number of benzene rings is 1. The first-order chi connectivity index (χ1) is 14.0. The van der Waals surface area contributed by atoms with Crippen LogP contribution in [0.15, 0.2) is 29.3 Å². The van der Waals surface area contributed by atoms with E-state index < -0.39 is 0 Å². The summed E-state index contributed by atoms with van der Waals surface area (Å²) in [5, 5.41) is 9.28. The van der Waals surface area contributed by atoms with Crippen molar-refractivity contribution in [3.05, 3.63) is 30.1 Å². The van der Waals surface area contributed by atoms with Gasteiger partial charge < -0.3 is 20.7 Å². The summed E-state index contributed by atoms with van der Waals surface area (Å²) in [4.78, 5) is 19.0. The Labute approximate surface area is 173 Å². The van der Waals surface area contributed by atoms with Crippen LogP contribution in [0.5, 0.6) is 0 Å². The number of morpholine rings is 1. The van der Waals surface area contributed by atoms with E-state index >= 15 is 0 Å². The van der Waals surface area contributed by atoms with Gasteiger partial charge in [-0.3, -0.25) is 9.69 Å². The number of anilines is 1. The molecule has 1 atom stereocenters. The lowest BCUT2D eigenvalue weighted by Gasteiger charge is -2.35. The zero-order valence-corrected chi connectivity index (χ0v) is 17.7. The van der Waals surface area contributed by atoms with Gasteiger partial charge in [0, 0.05) is 37.9 Å². The number of aliphatic imine (C=N–C) groups is 1. The average Bonchev–Trinajstić information content (AvgIpc) is 2.71. The SMILES string of the molecule is CCNC(=NCC(=O)Nc1ccc(F)cc1)NCC(CC(C)C)N1CCOCC1. The van der Waals surface area contributed by atoms with Gasteiger partial charge in [-0.15, -0.1) is 0 Å². The molecule has 1 fully saturated rings. The quantitative estimate of drug-likeness (QED) is 0.432. The molecule has 1 saturated heterocycles. The van der Waals surface area contributed by atoms with Gasteiger partial charge >= 0.3 is 0 Å². The highest BCUT2D eigenvalue weighted by Gasteiger charge is 2.22. The van der Waals surface area contributed by atoms with Crippen molar-refractivity contribution in [3.63, 3.8) is 0 Å². The Bertz CT molecular complexity index is 645. The summed E-state index contributed by atoms with van der Waals surface area (Å²) in [5.74, 6) is 0.617. The lowest BCUT2D eigenvalue weighted by Crippen LogP contribution is -2.51. The van der Waals surface area contributed by atoms with Gasteiger partial charge in [-0.1, -0.05) is 13.8 Å². The smallest absolute Gasteiger partial charge is 0.246 e. The topological polar surface area (TPSA) is 78.0 Å². The molecule has 162 valence electrons. The third-order valence-electron chi connectivity index (χ3n) is 4.66. The van der Waals surface area contributed by atoms with Crippen molar-refractivity contribution >= 4 is 17.6 Å². The highest BCUT2D eigenvalue weighted by molar-refractivity contribution is 5.94. The zero-order valence-electron chi connectivity index (χ0n) is 17.7. The molecule has 1 amide bonds. The number of guanidine groups is 1. The third kappa shape index (κ3) is 8.79. The highest BCUT2D eigenvalue weighted by atomic mass is 19.1. The van der Waals surface area contributed by atoms with Gasteiger partial charge in [-0.2, -0.15) is 0 Å². The van der Waals surface area contributed by atoms with Crippen LogP contribution in [0.4, 0.5) is 10.1 Å². The van der Waals surface area contributed by atoms with Crippen LogP contribution in [-0.4, -0.2) is 68.7 Å². The lowest BCUT2D eigenvalue weighted by molar-refractivity contribution is -0.114. The summed E-state index contributed by atoms with van der Waals surface area (Å²) in [6.07, 6.45) is 1.08. The fourth-order valence-corrected chi connectivity index (χ4v) is 3.29. The first-order valence-electron chi connectivity index (χ1n) is 10.4. The number of carbonyl (C=O) groups is 1. The van der Waals surface area contributed by atoms with Crippen LogP contribution in [0.25, 0.3) is 0 Å². The highest BCUT2D eigenvalue weighted by Crippen LogP contribution is 2.13. The van der Waals surface area contributed by atoms with Crippen LogP contribution in [0, 0.1) is 11.7 Å². The molecule has 0 aromatic heterocycles. The van der Waals surface area contributed by atoms with Crippen molar-refractivity contribution in [3.8, 4) is 0 Å². The molecule has 0 bridgehead atoms. The van der Waals surface area contributed by atoms with Gasteiger partial charge in [0.2, 0.25) is 5.91 Å². The summed E-state index contributed by atoms with van der Waals surface area (Å²) < 4.78 is 18.4. The van der Waals surface area contributed by atoms with Crippen molar-refractivity contribution in [2.24, 2.45) is 10.9 Å². The monoisotopic (exact) mass is 407 g/mol. The molecule has 1 aromatic rings. The Kier molecular flexibility index (Phi) is 9.87. The van der Waals surface area contributed by atoms with Gasteiger partial charge in [0.15, 0.2) is 5.96 Å². The molecule has 29 heavy (non-hydrogen) atoms. The fraction of sp³-hybridized carbons (Fsp3) is 0.619. The molecule has 1 heterocycles. The fourth-order valence-electron chi connectivity index (χ4n) is 3.29. The van der Waals surface area contributed by atoms with Crippen molar-refractivity contribution in [1.82, 2.24) is 15.5 Å². The van der Waals surface area contributed by atoms with Crippen LogP contribution < -0.4 is 16.0 Å². The van der Waals surface area contributed by atoms with E-state index in [-0.39, 0.29) is 18.3 Å². The molecule has 0 radical (unpaired) electrons. The van der Waals surface area contributed by atoms with Crippen LogP contribution in [0.1, 0.15) is 27.2 Å². The maximum atomic E-state index is 13.0. The van der Waals surface area contributed by atoms with E-state index in [1.165, 1.54) is 24.3 Å². The summed E-state index contributed by atoms with van der Waals surface area (Å²) >= 11 is 0. The Morgan fingerprint density at radius 3 is 2.52 bits per heavy atom. The summed E-state index contributed by atoms with van der Waals surface area (Å²) in [6, 6.07) is 6.06. The maximum Gasteiger partial charge on any atom is 0.246 e. The number of halogens is 1. The number of nitrogens with one attached hydrogen (secondary N) is 3. The number of amides is 1. The largest absolute Gasteiger partial charge is 0.379 e. The van der Waals surface area contributed by atoms with E-state index in [1.54, 1.807) is 0 Å². The van der Waals surface area contributed by atoms with Gasteiger partial charge in [0.1, 0.15) is 12.4 Å². The van der Waals surface area contributed by atoms with Crippen LogP contribution in [-0.2, 0) is 9.53 Å². The second kappa shape index (κ2) is 12.4. The molecule has 7 nitrogen and oxygen atoms in total. The second-order valence-electron chi connectivity index (χ2n) is 7.56. The van der Waals surface area contributed by atoms with Crippen LogP contribution in [0.3, 0.4) is 0 Å². The van der Waals surface area contributed by atoms with E-state index in [2.05, 4.69) is 39.7 Å². The third-order valence-corrected chi connectivity index (χ3v) is 4.66. The predicted molar refractivity (Wildman–Crippen MR) is 115 cm³/mol. The molecule has 0 aliphatic carbocycles. The molecule has 2 rings (SSSR count). The van der Waals surface area contributed by atoms with Crippen molar-refractivity contribution in [1.29, 1.82) is 0 Å². The summed E-state index contributed by atoms with van der Waals surface area (Å²) in [7, 11) is 0. The number of rotatable bonds is 9. The van der Waals surface area contributed by atoms with E-state index in [0.717, 1.165) is 39.3 Å². The standard InChI is InChI=1S/C21H34FN5O2/c1-4-23-21(25-15-20(28)26-18-7-5-17(22)6-8-18)24-14-19(13-16(2)3)27-9-11-29-12-10-27/h5-8,16,19H,4,9-15H2,1-3H3,(H,26,28)(H2,23,24,25). The summed E-state index contributed by atoms with van der Waals surface area (Å²) in [5.41, 5.74) is 0.550. The first-order valence-corrected chi connectivity index (χ1v) is 10.4. The van der Waals surface area contributed by atoms with Gasteiger partial charge in [0.05, 0.1) is 13.2 Å². The number of ether oxygens (including phenoxy) is 1. The van der Waals surface area contributed by atoms with E-state index in [0.29, 0.717) is 30.2 Å². The average molecular weight is 408 g/mol.